The van der Waals surface area contributed by atoms with Crippen LogP contribution in [0.2, 0.25) is 0 Å². The molecule has 1 fully saturated rings. The molecular formula is C15H22N2O4S2. The molecule has 2 heterocycles. The Morgan fingerprint density at radius 2 is 2.09 bits per heavy atom. The fraction of sp³-hybridized carbons (Fsp3) is 0.600. The van der Waals surface area contributed by atoms with Gasteiger partial charge in [-0.1, -0.05) is 6.07 Å². The van der Waals surface area contributed by atoms with Gasteiger partial charge in [0.15, 0.2) is 9.84 Å². The highest BCUT2D eigenvalue weighted by Gasteiger charge is 2.28. The van der Waals surface area contributed by atoms with Crippen LogP contribution in [-0.4, -0.2) is 44.3 Å². The standard InChI is InChI=1S/C15H22N2O4S2/c18-14(5-1-3-13-4-2-9-22-13)16-8-6-15(19)17-12-7-10-23(20,21)11-12/h2,4,9,12H,1,3,5-8,10-11H2,(H,16,18)(H,17,19)/t12-/m1/s1. The number of thiophene rings is 1. The molecule has 0 aromatic carbocycles. The Bertz CT molecular complexity index is 626. The van der Waals surface area contributed by atoms with E-state index in [2.05, 4.69) is 16.7 Å². The molecule has 1 aliphatic heterocycles. The molecule has 1 saturated heterocycles. The smallest absolute Gasteiger partial charge is 0.222 e. The molecule has 1 atom stereocenters. The third-order valence-electron chi connectivity index (χ3n) is 3.68. The van der Waals surface area contributed by atoms with Crippen LogP contribution >= 0.6 is 11.3 Å². The average molecular weight is 358 g/mol. The Labute approximate surface area is 140 Å². The first-order valence-corrected chi connectivity index (χ1v) is 10.4. The highest BCUT2D eigenvalue weighted by Crippen LogP contribution is 2.12. The van der Waals surface area contributed by atoms with Gasteiger partial charge in [-0.05, 0) is 30.7 Å². The van der Waals surface area contributed by atoms with Gasteiger partial charge in [0.1, 0.15) is 0 Å². The minimum absolute atomic E-state index is 0.0216. The number of rotatable bonds is 8. The molecule has 1 aromatic heterocycles. The maximum absolute atomic E-state index is 11.7. The van der Waals surface area contributed by atoms with Crippen LogP contribution in [0.3, 0.4) is 0 Å². The molecule has 1 aliphatic rings. The van der Waals surface area contributed by atoms with Crippen molar-refractivity contribution >= 4 is 33.0 Å². The van der Waals surface area contributed by atoms with Crippen molar-refractivity contribution in [2.75, 3.05) is 18.1 Å². The summed E-state index contributed by atoms with van der Waals surface area (Å²) in [6.45, 7) is 0.281. The third-order valence-corrected chi connectivity index (χ3v) is 6.38. The van der Waals surface area contributed by atoms with Crippen LogP contribution in [0.5, 0.6) is 0 Å². The lowest BCUT2D eigenvalue weighted by molar-refractivity contribution is -0.122. The van der Waals surface area contributed by atoms with Gasteiger partial charge in [0.25, 0.3) is 0 Å². The summed E-state index contributed by atoms with van der Waals surface area (Å²) in [6.07, 6.45) is 2.77. The molecule has 2 N–H and O–H groups in total. The van der Waals surface area contributed by atoms with Crippen molar-refractivity contribution in [2.45, 2.75) is 38.1 Å². The summed E-state index contributed by atoms with van der Waals surface area (Å²) in [5.74, 6) is -0.115. The van der Waals surface area contributed by atoms with E-state index in [4.69, 9.17) is 0 Å². The van der Waals surface area contributed by atoms with Gasteiger partial charge in [0.2, 0.25) is 11.8 Å². The van der Waals surface area contributed by atoms with Gasteiger partial charge in [0, 0.05) is 30.3 Å². The second-order valence-electron chi connectivity index (χ2n) is 5.70. The second kappa shape index (κ2) is 8.44. The first-order chi connectivity index (χ1) is 10.9. The molecule has 23 heavy (non-hydrogen) atoms. The summed E-state index contributed by atoms with van der Waals surface area (Å²) in [5, 5.41) is 7.44. The van der Waals surface area contributed by atoms with Crippen LogP contribution in [0.15, 0.2) is 17.5 Å². The third kappa shape index (κ3) is 6.70. The van der Waals surface area contributed by atoms with Crippen LogP contribution in [-0.2, 0) is 25.8 Å². The second-order valence-corrected chi connectivity index (χ2v) is 8.96. The van der Waals surface area contributed by atoms with Crippen molar-refractivity contribution in [3.8, 4) is 0 Å². The Balaban J connectivity index is 1.53. The van der Waals surface area contributed by atoms with Crippen LogP contribution in [0, 0.1) is 0 Å². The number of amides is 2. The quantitative estimate of drug-likeness (QED) is 0.721. The molecule has 0 saturated carbocycles. The van der Waals surface area contributed by atoms with Crippen LogP contribution in [0.25, 0.3) is 0 Å². The number of sulfone groups is 1. The van der Waals surface area contributed by atoms with Gasteiger partial charge in [-0.15, -0.1) is 11.3 Å². The predicted octanol–water partition coefficient (Wildman–Crippen LogP) is 0.880. The number of aryl methyl sites for hydroxylation is 1. The average Bonchev–Trinajstić information content (AvgIpc) is 3.08. The fourth-order valence-electron chi connectivity index (χ4n) is 2.49. The van der Waals surface area contributed by atoms with E-state index >= 15 is 0 Å². The molecule has 2 rings (SSSR count). The minimum atomic E-state index is -2.99. The molecule has 0 aliphatic carbocycles. The zero-order valence-electron chi connectivity index (χ0n) is 12.9. The van der Waals surface area contributed by atoms with Gasteiger partial charge in [-0.3, -0.25) is 9.59 Å². The summed E-state index contributed by atoms with van der Waals surface area (Å²) < 4.78 is 22.6. The summed E-state index contributed by atoms with van der Waals surface area (Å²) in [6, 6.07) is 3.76. The number of carbonyl (C=O) groups is 2. The lowest BCUT2D eigenvalue weighted by Gasteiger charge is -2.11. The monoisotopic (exact) mass is 358 g/mol. The molecule has 0 unspecified atom stereocenters. The molecular weight excluding hydrogens is 336 g/mol. The molecule has 0 bridgehead atoms. The zero-order chi connectivity index (χ0) is 16.7. The number of nitrogens with one attached hydrogen (secondary N) is 2. The van der Waals surface area contributed by atoms with E-state index in [0.29, 0.717) is 12.8 Å². The van der Waals surface area contributed by atoms with Crippen molar-refractivity contribution in [1.82, 2.24) is 10.6 Å². The highest BCUT2D eigenvalue weighted by atomic mass is 32.2. The Kier molecular flexibility index (Phi) is 6.59. The van der Waals surface area contributed by atoms with Gasteiger partial charge in [-0.2, -0.15) is 0 Å². The van der Waals surface area contributed by atoms with Crippen molar-refractivity contribution < 1.29 is 18.0 Å². The van der Waals surface area contributed by atoms with E-state index in [1.807, 2.05) is 11.4 Å². The van der Waals surface area contributed by atoms with Crippen LogP contribution < -0.4 is 10.6 Å². The fourth-order valence-corrected chi connectivity index (χ4v) is 4.92. The van der Waals surface area contributed by atoms with E-state index < -0.39 is 9.84 Å². The first-order valence-electron chi connectivity index (χ1n) is 7.73. The van der Waals surface area contributed by atoms with E-state index in [9.17, 15) is 18.0 Å². The van der Waals surface area contributed by atoms with Crippen molar-refractivity contribution in [3.05, 3.63) is 22.4 Å². The van der Waals surface area contributed by atoms with Crippen molar-refractivity contribution in [2.24, 2.45) is 0 Å². The van der Waals surface area contributed by atoms with Gasteiger partial charge >= 0.3 is 0 Å². The van der Waals surface area contributed by atoms with E-state index in [1.54, 1.807) is 11.3 Å². The summed E-state index contributed by atoms with van der Waals surface area (Å²) >= 11 is 1.68. The lowest BCUT2D eigenvalue weighted by atomic mass is 10.2. The van der Waals surface area contributed by atoms with Crippen molar-refractivity contribution in [1.29, 1.82) is 0 Å². The van der Waals surface area contributed by atoms with Gasteiger partial charge < -0.3 is 10.6 Å². The maximum atomic E-state index is 11.7. The molecule has 8 heteroatoms. The van der Waals surface area contributed by atoms with Crippen LogP contribution in [0.1, 0.15) is 30.6 Å². The molecule has 2 amide bonds. The van der Waals surface area contributed by atoms with Crippen molar-refractivity contribution in [3.63, 3.8) is 0 Å². The Morgan fingerprint density at radius 3 is 2.74 bits per heavy atom. The highest BCUT2D eigenvalue weighted by molar-refractivity contribution is 7.91. The molecule has 128 valence electrons. The van der Waals surface area contributed by atoms with Gasteiger partial charge in [0.05, 0.1) is 11.5 Å². The van der Waals surface area contributed by atoms with Gasteiger partial charge in [-0.25, -0.2) is 8.42 Å². The number of hydrogen-bond acceptors (Lipinski definition) is 5. The van der Waals surface area contributed by atoms with E-state index in [-0.39, 0.29) is 42.3 Å². The first kappa shape index (κ1) is 17.9. The normalized spacial score (nSPS) is 19.4. The zero-order valence-corrected chi connectivity index (χ0v) is 14.5. The number of hydrogen-bond donors (Lipinski definition) is 2. The van der Waals surface area contributed by atoms with E-state index in [0.717, 1.165) is 12.8 Å². The lowest BCUT2D eigenvalue weighted by Crippen LogP contribution is -2.37. The molecule has 6 nitrogen and oxygen atoms in total. The summed E-state index contributed by atoms with van der Waals surface area (Å²) in [5.41, 5.74) is 0. The summed E-state index contributed by atoms with van der Waals surface area (Å²) in [4.78, 5) is 24.6. The maximum Gasteiger partial charge on any atom is 0.222 e. The Hall–Kier alpha value is -1.41. The predicted molar refractivity (Wildman–Crippen MR) is 90.1 cm³/mol. The molecule has 0 radical (unpaired) electrons. The van der Waals surface area contributed by atoms with Crippen LogP contribution in [0.4, 0.5) is 0 Å². The summed E-state index contributed by atoms with van der Waals surface area (Å²) in [7, 11) is -2.99. The molecule has 1 aromatic rings. The minimum Gasteiger partial charge on any atom is -0.356 e. The number of carbonyl (C=O) groups excluding carboxylic acids is 2. The topological polar surface area (TPSA) is 92.3 Å². The largest absolute Gasteiger partial charge is 0.356 e. The molecule has 0 spiro atoms. The Morgan fingerprint density at radius 1 is 1.26 bits per heavy atom. The van der Waals surface area contributed by atoms with E-state index in [1.165, 1.54) is 4.88 Å². The SMILES string of the molecule is O=C(CCCc1cccs1)NCCC(=O)N[C@@H]1CCS(=O)(=O)C1.